The normalized spacial score (nSPS) is 23.4. The molecule has 1 N–H and O–H groups in total. The zero-order valence-electron chi connectivity index (χ0n) is 18.9. The van der Waals surface area contributed by atoms with Crippen LogP contribution in [0.2, 0.25) is 5.02 Å². The second-order valence-corrected chi connectivity index (χ2v) is 11.6. The lowest BCUT2D eigenvalue weighted by Gasteiger charge is -2.39. The number of piperidine rings is 1. The predicted molar refractivity (Wildman–Crippen MR) is 126 cm³/mol. The van der Waals surface area contributed by atoms with E-state index in [2.05, 4.69) is 5.32 Å². The highest BCUT2D eigenvalue weighted by molar-refractivity contribution is 7.89. The lowest BCUT2D eigenvalue weighted by Crippen LogP contribution is -2.56. The number of halogens is 1. The first-order valence-corrected chi connectivity index (χ1v) is 13.8. The molecule has 1 atom stereocenters. The number of sulfonamides is 1. The summed E-state index contributed by atoms with van der Waals surface area (Å²) in [4.78, 5) is 29.5. The maximum Gasteiger partial charge on any atom is 0.317 e. The molecule has 10 heteroatoms. The molecule has 2 heterocycles. The molecular formula is C23H33ClN4O4S. The second kappa shape index (κ2) is 10.6. The van der Waals surface area contributed by atoms with Crippen molar-refractivity contribution in [1.29, 1.82) is 0 Å². The Morgan fingerprint density at radius 1 is 0.848 bits per heavy atom. The van der Waals surface area contributed by atoms with E-state index < -0.39 is 10.0 Å². The van der Waals surface area contributed by atoms with Crippen molar-refractivity contribution in [1.82, 2.24) is 19.4 Å². The van der Waals surface area contributed by atoms with Gasteiger partial charge in [-0.25, -0.2) is 13.2 Å². The highest BCUT2D eigenvalue weighted by Crippen LogP contribution is 2.26. The van der Waals surface area contributed by atoms with Crippen LogP contribution in [0.25, 0.3) is 0 Å². The quantitative estimate of drug-likeness (QED) is 0.694. The number of rotatable bonds is 4. The fraction of sp³-hybridized carbons (Fsp3) is 0.652. The van der Waals surface area contributed by atoms with E-state index >= 15 is 0 Å². The van der Waals surface area contributed by atoms with E-state index in [9.17, 15) is 18.0 Å². The van der Waals surface area contributed by atoms with Crippen molar-refractivity contribution < 1.29 is 18.0 Å². The molecule has 1 unspecified atom stereocenters. The number of carbonyl (C=O) groups excluding carboxylic acids is 2. The Labute approximate surface area is 201 Å². The number of nitrogens with zero attached hydrogens (tertiary/aromatic N) is 3. The first kappa shape index (κ1) is 24.3. The van der Waals surface area contributed by atoms with Gasteiger partial charge in [0.25, 0.3) is 0 Å². The molecule has 0 aromatic heterocycles. The highest BCUT2D eigenvalue weighted by Gasteiger charge is 2.36. The number of hydrogen-bond donors (Lipinski definition) is 1. The topological polar surface area (TPSA) is 90.0 Å². The average molecular weight is 497 g/mol. The maximum absolute atomic E-state index is 13.2. The molecule has 3 fully saturated rings. The monoisotopic (exact) mass is 496 g/mol. The van der Waals surface area contributed by atoms with Gasteiger partial charge in [-0.15, -0.1) is 0 Å². The van der Waals surface area contributed by atoms with E-state index in [1.165, 1.54) is 35.7 Å². The molecule has 3 aliphatic rings. The number of benzene rings is 1. The van der Waals surface area contributed by atoms with E-state index in [0.717, 1.165) is 12.8 Å². The number of urea groups is 1. The van der Waals surface area contributed by atoms with Crippen LogP contribution in [0, 0.1) is 5.92 Å². The summed E-state index contributed by atoms with van der Waals surface area (Å²) in [6.45, 7) is 2.57. The summed E-state index contributed by atoms with van der Waals surface area (Å²) < 4.78 is 27.5. The van der Waals surface area contributed by atoms with Crippen LogP contribution in [-0.2, 0) is 14.8 Å². The first-order chi connectivity index (χ1) is 15.8. The van der Waals surface area contributed by atoms with Gasteiger partial charge in [0.15, 0.2) is 0 Å². The minimum absolute atomic E-state index is 0.0154. The standard InChI is InChI=1S/C23H33ClN4O4S/c24-19-8-10-21(11-9-19)33(31,32)28-12-4-5-18(17-28)22(29)26-13-15-27(16-14-26)23(30)25-20-6-2-1-3-7-20/h8-11,18,20H,1-7,12-17H2,(H,25,30). The van der Waals surface area contributed by atoms with Gasteiger partial charge in [-0.05, 0) is 49.9 Å². The molecular weight excluding hydrogens is 464 g/mol. The van der Waals surface area contributed by atoms with Crippen molar-refractivity contribution in [2.24, 2.45) is 5.92 Å². The van der Waals surface area contributed by atoms with Crippen molar-refractivity contribution >= 4 is 33.6 Å². The molecule has 3 amide bonds. The van der Waals surface area contributed by atoms with Gasteiger partial charge in [-0.3, -0.25) is 4.79 Å². The molecule has 1 saturated carbocycles. The SMILES string of the molecule is O=C(NC1CCCCC1)N1CCN(C(=O)C2CCCN(S(=O)(=O)c3ccc(Cl)cc3)C2)CC1. The maximum atomic E-state index is 13.2. The molecule has 0 radical (unpaired) electrons. The van der Waals surface area contributed by atoms with Crippen molar-refractivity contribution in [3.8, 4) is 0 Å². The van der Waals surface area contributed by atoms with Gasteiger partial charge >= 0.3 is 6.03 Å². The Morgan fingerprint density at radius 3 is 2.15 bits per heavy atom. The fourth-order valence-electron chi connectivity index (χ4n) is 5.02. The van der Waals surface area contributed by atoms with Crippen molar-refractivity contribution in [3.63, 3.8) is 0 Å². The molecule has 4 rings (SSSR count). The zero-order chi connectivity index (χ0) is 23.4. The van der Waals surface area contributed by atoms with E-state index in [-0.39, 0.29) is 35.3 Å². The number of amides is 3. The van der Waals surface area contributed by atoms with Crippen LogP contribution in [0.4, 0.5) is 4.79 Å². The van der Waals surface area contributed by atoms with Crippen molar-refractivity contribution in [3.05, 3.63) is 29.3 Å². The Kier molecular flexibility index (Phi) is 7.81. The van der Waals surface area contributed by atoms with Crippen LogP contribution < -0.4 is 5.32 Å². The van der Waals surface area contributed by atoms with Crippen LogP contribution >= 0.6 is 11.6 Å². The third-order valence-electron chi connectivity index (χ3n) is 7.00. The van der Waals surface area contributed by atoms with Gasteiger partial charge in [0, 0.05) is 50.3 Å². The summed E-state index contributed by atoms with van der Waals surface area (Å²) in [6, 6.07) is 6.35. The third kappa shape index (κ3) is 5.81. The minimum Gasteiger partial charge on any atom is -0.339 e. The molecule has 2 aliphatic heterocycles. The number of nitrogens with one attached hydrogen (secondary N) is 1. The molecule has 8 nitrogen and oxygen atoms in total. The third-order valence-corrected chi connectivity index (χ3v) is 9.13. The predicted octanol–water partition coefficient (Wildman–Crippen LogP) is 2.93. The Hall–Kier alpha value is -1.84. The highest BCUT2D eigenvalue weighted by atomic mass is 35.5. The molecule has 1 aromatic carbocycles. The summed E-state index contributed by atoms with van der Waals surface area (Å²) in [5, 5.41) is 3.62. The van der Waals surface area contributed by atoms with Crippen LogP contribution in [0.5, 0.6) is 0 Å². The van der Waals surface area contributed by atoms with Crippen molar-refractivity contribution in [2.45, 2.75) is 55.9 Å². The summed E-state index contributed by atoms with van der Waals surface area (Å²) in [7, 11) is -3.67. The number of piperazine rings is 1. The van der Waals surface area contributed by atoms with Gasteiger partial charge in [0.1, 0.15) is 0 Å². The van der Waals surface area contributed by atoms with E-state index in [1.807, 2.05) is 0 Å². The average Bonchev–Trinajstić information content (AvgIpc) is 2.84. The molecule has 0 bridgehead atoms. The lowest BCUT2D eigenvalue weighted by molar-refractivity contribution is -0.138. The van der Waals surface area contributed by atoms with Gasteiger partial charge in [-0.2, -0.15) is 4.31 Å². The summed E-state index contributed by atoms with van der Waals surface area (Å²) >= 11 is 5.89. The van der Waals surface area contributed by atoms with E-state index in [1.54, 1.807) is 21.9 Å². The van der Waals surface area contributed by atoms with E-state index in [0.29, 0.717) is 50.6 Å². The first-order valence-electron chi connectivity index (χ1n) is 11.9. The smallest absolute Gasteiger partial charge is 0.317 e. The van der Waals surface area contributed by atoms with Crippen LogP contribution in [-0.4, -0.2) is 79.8 Å². The molecule has 182 valence electrons. The minimum atomic E-state index is -3.67. The number of carbonyl (C=O) groups is 2. The van der Waals surface area contributed by atoms with Gasteiger partial charge in [0.05, 0.1) is 10.8 Å². The molecule has 33 heavy (non-hydrogen) atoms. The van der Waals surface area contributed by atoms with Gasteiger partial charge in [0.2, 0.25) is 15.9 Å². The lowest BCUT2D eigenvalue weighted by atomic mass is 9.96. The van der Waals surface area contributed by atoms with Crippen LogP contribution in [0.3, 0.4) is 0 Å². The van der Waals surface area contributed by atoms with Crippen molar-refractivity contribution in [2.75, 3.05) is 39.3 Å². The molecule has 0 spiro atoms. The Bertz CT molecular complexity index is 942. The summed E-state index contributed by atoms with van der Waals surface area (Å²) in [5.74, 6) is -0.373. The Balaban J connectivity index is 1.30. The summed E-state index contributed by atoms with van der Waals surface area (Å²) in [5.41, 5.74) is 0. The Morgan fingerprint density at radius 2 is 1.48 bits per heavy atom. The largest absolute Gasteiger partial charge is 0.339 e. The molecule has 1 aromatic rings. The van der Waals surface area contributed by atoms with Crippen LogP contribution in [0.15, 0.2) is 29.2 Å². The summed E-state index contributed by atoms with van der Waals surface area (Å²) in [6.07, 6.45) is 6.98. The zero-order valence-corrected chi connectivity index (χ0v) is 20.5. The second-order valence-electron chi connectivity index (χ2n) is 9.25. The molecule has 2 saturated heterocycles. The van der Waals surface area contributed by atoms with E-state index in [4.69, 9.17) is 11.6 Å². The van der Waals surface area contributed by atoms with Crippen LogP contribution in [0.1, 0.15) is 44.9 Å². The van der Waals surface area contributed by atoms with Gasteiger partial charge < -0.3 is 15.1 Å². The molecule has 1 aliphatic carbocycles. The number of hydrogen-bond acceptors (Lipinski definition) is 4. The fourth-order valence-corrected chi connectivity index (χ4v) is 6.67. The van der Waals surface area contributed by atoms with Gasteiger partial charge in [-0.1, -0.05) is 30.9 Å².